The molecule has 0 radical (unpaired) electrons. The van der Waals surface area contributed by atoms with Crippen LogP contribution >= 0.6 is 11.6 Å². The molecule has 23 heavy (non-hydrogen) atoms. The van der Waals surface area contributed by atoms with Crippen molar-refractivity contribution in [1.82, 2.24) is 5.32 Å². The van der Waals surface area contributed by atoms with E-state index in [2.05, 4.69) is 5.32 Å². The van der Waals surface area contributed by atoms with Crippen LogP contribution in [0.2, 0.25) is 5.02 Å². The summed E-state index contributed by atoms with van der Waals surface area (Å²) in [6.45, 7) is 0. The van der Waals surface area contributed by atoms with Crippen molar-refractivity contribution in [3.05, 3.63) is 58.1 Å². The van der Waals surface area contributed by atoms with Crippen LogP contribution in [0.4, 0.5) is 0 Å². The quantitative estimate of drug-likeness (QED) is 0.656. The van der Waals surface area contributed by atoms with Gasteiger partial charge in [0.05, 0.1) is 12.1 Å². The van der Waals surface area contributed by atoms with E-state index in [0.29, 0.717) is 22.3 Å². The predicted octanol–water partition coefficient (Wildman–Crippen LogP) is 2.86. The summed E-state index contributed by atoms with van der Waals surface area (Å²) in [6.07, 6.45) is 1.59. The molecular weight excluding hydrogens is 318 g/mol. The van der Waals surface area contributed by atoms with Gasteiger partial charge in [0.25, 0.3) is 11.8 Å². The molecule has 2 N–H and O–H groups in total. The highest BCUT2D eigenvalue weighted by molar-refractivity contribution is 6.34. The first-order valence-electron chi connectivity index (χ1n) is 6.74. The molecule has 0 unspecified atom stereocenters. The van der Waals surface area contributed by atoms with Crippen molar-refractivity contribution in [3.8, 4) is 11.5 Å². The zero-order valence-corrected chi connectivity index (χ0v) is 12.8. The van der Waals surface area contributed by atoms with Gasteiger partial charge in [0, 0.05) is 11.1 Å². The first kappa shape index (κ1) is 15.1. The molecule has 2 aromatic carbocycles. The molecule has 0 bridgehead atoms. The minimum Gasteiger partial charge on any atom is -0.503 e. The SMILES string of the molecule is COc1cc(C=C2C(=O)NC(=O)c3ccccc32)cc(Cl)c1O. The molecule has 0 aliphatic carbocycles. The van der Waals surface area contributed by atoms with Crippen molar-refractivity contribution in [3.63, 3.8) is 0 Å². The molecule has 0 saturated heterocycles. The average molecular weight is 330 g/mol. The molecule has 1 heterocycles. The molecule has 2 amide bonds. The maximum absolute atomic E-state index is 12.2. The van der Waals surface area contributed by atoms with Crippen LogP contribution in [0.3, 0.4) is 0 Å². The second-order valence-electron chi connectivity index (χ2n) is 4.94. The van der Waals surface area contributed by atoms with Crippen LogP contribution in [-0.2, 0) is 4.79 Å². The average Bonchev–Trinajstić information content (AvgIpc) is 2.54. The summed E-state index contributed by atoms with van der Waals surface area (Å²) < 4.78 is 5.05. The minimum absolute atomic E-state index is 0.108. The molecular formula is C17H12ClNO4. The van der Waals surface area contributed by atoms with Crippen LogP contribution in [0.1, 0.15) is 21.5 Å². The molecule has 1 aliphatic heterocycles. The van der Waals surface area contributed by atoms with E-state index in [0.717, 1.165) is 0 Å². The first-order chi connectivity index (χ1) is 11.0. The van der Waals surface area contributed by atoms with Gasteiger partial charge in [-0.1, -0.05) is 29.8 Å². The number of methoxy groups -OCH3 is 1. The summed E-state index contributed by atoms with van der Waals surface area (Å²) in [4.78, 5) is 24.0. The Labute approximate surface area is 137 Å². The van der Waals surface area contributed by atoms with Gasteiger partial charge in [-0.2, -0.15) is 0 Å². The van der Waals surface area contributed by atoms with Crippen LogP contribution in [0.15, 0.2) is 36.4 Å². The number of halogens is 1. The Hall–Kier alpha value is -2.79. The van der Waals surface area contributed by atoms with E-state index >= 15 is 0 Å². The lowest BCUT2D eigenvalue weighted by Crippen LogP contribution is -2.36. The van der Waals surface area contributed by atoms with E-state index < -0.39 is 11.8 Å². The fourth-order valence-electron chi connectivity index (χ4n) is 2.42. The molecule has 3 rings (SSSR count). The molecule has 6 heteroatoms. The maximum atomic E-state index is 12.2. The third-order valence-corrected chi connectivity index (χ3v) is 3.80. The third-order valence-electron chi connectivity index (χ3n) is 3.52. The lowest BCUT2D eigenvalue weighted by atomic mass is 9.93. The Bertz CT molecular complexity index is 858. The summed E-state index contributed by atoms with van der Waals surface area (Å²) >= 11 is 5.96. The monoisotopic (exact) mass is 329 g/mol. The number of imide groups is 1. The zero-order valence-electron chi connectivity index (χ0n) is 12.1. The number of benzene rings is 2. The van der Waals surface area contributed by atoms with E-state index in [9.17, 15) is 14.7 Å². The Morgan fingerprint density at radius 1 is 1.13 bits per heavy atom. The number of carbonyl (C=O) groups excluding carboxylic acids is 2. The topological polar surface area (TPSA) is 75.6 Å². The van der Waals surface area contributed by atoms with Gasteiger partial charge >= 0.3 is 0 Å². The number of phenolic OH excluding ortho intramolecular Hbond substituents is 1. The predicted molar refractivity (Wildman–Crippen MR) is 86.5 cm³/mol. The van der Waals surface area contributed by atoms with Crippen LogP contribution in [-0.4, -0.2) is 24.0 Å². The van der Waals surface area contributed by atoms with Crippen molar-refractivity contribution in [2.45, 2.75) is 0 Å². The molecule has 116 valence electrons. The van der Waals surface area contributed by atoms with Gasteiger partial charge < -0.3 is 9.84 Å². The van der Waals surface area contributed by atoms with E-state index in [1.165, 1.54) is 13.2 Å². The fraction of sp³-hybridized carbons (Fsp3) is 0.0588. The van der Waals surface area contributed by atoms with Crippen molar-refractivity contribution < 1.29 is 19.4 Å². The summed E-state index contributed by atoms with van der Waals surface area (Å²) in [5.74, 6) is -0.883. The first-order valence-corrected chi connectivity index (χ1v) is 7.12. The lowest BCUT2D eigenvalue weighted by Gasteiger charge is -2.18. The summed E-state index contributed by atoms with van der Waals surface area (Å²) in [6, 6.07) is 9.90. The van der Waals surface area contributed by atoms with Crippen LogP contribution in [0, 0.1) is 0 Å². The number of ether oxygens (including phenoxy) is 1. The van der Waals surface area contributed by atoms with Gasteiger partial charge in [0.1, 0.15) is 0 Å². The second kappa shape index (κ2) is 5.78. The molecule has 0 fully saturated rings. The van der Waals surface area contributed by atoms with E-state index in [-0.39, 0.29) is 16.5 Å². The molecule has 0 atom stereocenters. The number of phenols is 1. The highest BCUT2D eigenvalue weighted by atomic mass is 35.5. The van der Waals surface area contributed by atoms with Gasteiger partial charge in [-0.05, 0) is 35.4 Å². The standard InChI is InChI=1S/C17H12ClNO4/c1-23-14-8-9(7-13(18)15(14)20)6-12-10-4-2-3-5-11(10)16(21)19-17(12)22/h2-8,20H,1H3,(H,19,21,22). The number of rotatable bonds is 2. The van der Waals surface area contributed by atoms with E-state index in [1.54, 1.807) is 36.4 Å². The van der Waals surface area contributed by atoms with Gasteiger partial charge in [-0.15, -0.1) is 0 Å². The van der Waals surface area contributed by atoms with Crippen molar-refractivity contribution in [1.29, 1.82) is 0 Å². The number of nitrogens with one attached hydrogen (secondary N) is 1. The number of hydrogen-bond donors (Lipinski definition) is 2. The smallest absolute Gasteiger partial charge is 0.258 e. The molecule has 5 nitrogen and oxygen atoms in total. The van der Waals surface area contributed by atoms with Gasteiger partial charge in [-0.25, -0.2) is 0 Å². The number of amides is 2. The van der Waals surface area contributed by atoms with Crippen molar-refractivity contribution in [2.24, 2.45) is 0 Å². The number of hydrogen-bond acceptors (Lipinski definition) is 4. The highest BCUT2D eigenvalue weighted by Gasteiger charge is 2.26. The highest BCUT2D eigenvalue weighted by Crippen LogP contribution is 2.36. The third kappa shape index (κ3) is 2.66. The molecule has 0 spiro atoms. The lowest BCUT2D eigenvalue weighted by molar-refractivity contribution is -0.114. The molecule has 0 aromatic heterocycles. The van der Waals surface area contributed by atoms with Crippen molar-refractivity contribution in [2.75, 3.05) is 7.11 Å². The van der Waals surface area contributed by atoms with Gasteiger partial charge in [-0.3, -0.25) is 14.9 Å². The summed E-state index contributed by atoms with van der Waals surface area (Å²) in [5.41, 5.74) is 1.88. The zero-order chi connectivity index (χ0) is 16.6. The minimum atomic E-state index is -0.489. The Morgan fingerprint density at radius 3 is 2.52 bits per heavy atom. The molecule has 0 saturated carbocycles. The van der Waals surface area contributed by atoms with Crippen LogP contribution in [0.5, 0.6) is 11.5 Å². The molecule has 2 aromatic rings. The summed E-state index contributed by atoms with van der Waals surface area (Å²) in [5, 5.41) is 12.2. The maximum Gasteiger partial charge on any atom is 0.258 e. The fourth-order valence-corrected chi connectivity index (χ4v) is 2.64. The number of carbonyl (C=O) groups is 2. The van der Waals surface area contributed by atoms with Crippen molar-refractivity contribution >= 4 is 35.1 Å². The molecule has 1 aliphatic rings. The second-order valence-corrected chi connectivity index (χ2v) is 5.35. The van der Waals surface area contributed by atoms with Crippen LogP contribution < -0.4 is 10.1 Å². The Balaban J connectivity index is 2.16. The van der Waals surface area contributed by atoms with Gasteiger partial charge in [0.2, 0.25) is 0 Å². The van der Waals surface area contributed by atoms with Crippen LogP contribution in [0.25, 0.3) is 11.6 Å². The largest absolute Gasteiger partial charge is 0.503 e. The summed E-state index contributed by atoms with van der Waals surface area (Å²) in [7, 11) is 1.41. The normalized spacial score (nSPS) is 15.3. The Kier molecular flexibility index (Phi) is 3.80. The number of fused-ring (bicyclic) bond motifs is 1. The Morgan fingerprint density at radius 2 is 1.83 bits per heavy atom. The van der Waals surface area contributed by atoms with E-state index in [1.807, 2.05) is 0 Å². The number of aromatic hydroxyl groups is 1. The van der Waals surface area contributed by atoms with Gasteiger partial charge in [0.15, 0.2) is 11.5 Å². The van der Waals surface area contributed by atoms with E-state index in [4.69, 9.17) is 16.3 Å².